The maximum absolute atomic E-state index is 9.46. The van der Waals surface area contributed by atoms with Crippen molar-refractivity contribution in [1.82, 2.24) is 0 Å². The Kier molecular flexibility index (Phi) is 3.39. The Labute approximate surface area is 81.8 Å². The minimum atomic E-state index is 0.0351. The van der Waals surface area contributed by atoms with E-state index in [1.165, 1.54) is 12.1 Å². The minimum absolute atomic E-state index is 0.0351. The van der Waals surface area contributed by atoms with Crippen molar-refractivity contribution >= 4 is 11.6 Å². The molecule has 0 amide bonds. The van der Waals surface area contributed by atoms with Crippen molar-refractivity contribution in [2.45, 2.75) is 12.8 Å². The van der Waals surface area contributed by atoms with Crippen molar-refractivity contribution in [3.63, 3.8) is 0 Å². The number of phenols is 2. The molecule has 0 aliphatic carbocycles. The summed E-state index contributed by atoms with van der Waals surface area (Å²) in [4.78, 5) is 0. The van der Waals surface area contributed by atoms with E-state index in [1.807, 2.05) is 0 Å². The molecule has 0 aliphatic rings. The second-order valence-corrected chi connectivity index (χ2v) is 3.23. The molecule has 1 aromatic carbocycles. The zero-order valence-corrected chi connectivity index (χ0v) is 7.88. The fourth-order valence-corrected chi connectivity index (χ4v) is 1.36. The Balaban J connectivity index is 2.92. The second-order valence-electron chi connectivity index (χ2n) is 2.83. The molecular weight excluding hydrogens is 190 g/mol. The fourth-order valence-electron chi connectivity index (χ4n) is 1.12. The lowest BCUT2D eigenvalue weighted by atomic mass is 10.1. The number of aryl methyl sites for hydroxylation is 1. The van der Waals surface area contributed by atoms with E-state index in [2.05, 4.69) is 0 Å². The Bertz CT molecular complexity index is 302. The molecule has 0 unspecified atom stereocenters. The summed E-state index contributed by atoms with van der Waals surface area (Å²) in [5.41, 5.74) is 5.96. The van der Waals surface area contributed by atoms with Gasteiger partial charge in [-0.3, -0.25) is 0 Å². The zero-order valence-electron chi connectivity index (χ0n) is 7.13. The number of hydrogen-bond donors (Lipinski definition) is 3. The van der Waals surface area contributed by atoms with E-state index in [1.54, 1.807) is 0 Å². The predicted molar refractivity (Wildman–Crippen MR) is 52.2 cm³/mol. The molecule has 4 heteroatoms. The van der Waals surface area contributed by atoms with Crippen molar-refractivity contribution in [2.24, 2.45) is 5.73 Å². The van der Waals surface area contributed by atoms with Gasteiger partial charge in [-0.15, -0.1) is 0 Å². The summed E-state index contributed by atoms with van der Waals surface area (Å²) < 4.78 is 0. The molecule has 0 bridgehead atoms. The van der Waals surface area contributed by atoms with Crippen LogP contribution in [0.1, 0.15) is 12.0 Å². The first kappa shape index (κ1) is 10.2. The van der Waals surface area contributed by atoms with E-state index in [0.717, 1.165) is 6.42 Å². The third kappa shape index (κ3) is 2.50. The van der Waals surface area contributed by atoms with E-state index in [-0.39, 0.29) is 16.5 Å². The molecular formula is C9H12ClNO2. The third-order valence-corrected chi connectivity index (χ3v) is 2.07. The SMILES string of the molecule is NCCCc1cc(O)cc(Cl)c1O. The first-order valence-corrected chi connectivity index (χ1v) is 4.43. The van der Waals surface area contributed by atoms with Gasteiger partial charge in [0.05, 0.1) is 5.02 Å². The summed E-state index contributed by atoms with van der Waals surface area (Å²) >= 11 is 5.66. The van der Waals surface area contributed by atoms with Crippen molar-refractivity contribution in [3.05, 3.63) is 22.7 Å². The van der Waals surface area contributed by atoms with Crippen LogP contribution in [0.15, 0.2) is 12.1 Å². The molecule has 72 valence electrons. The van der Waals surface area contributed by atoms with Crippen molar-refractivity contribution in [3.8, 4) is 11.5 Å². The highest BCUT2D eigenvalue weighted by atomic mass is 35.5. The highest BCUT2D eigenvalue weighted by Gasteiger charge is 2.07. The first-order valence-electron chi connectivity index (χ1n) is 4.05. The number of aromatic hydroxyl groups is 2. The number of halogens is 1. The Morgan fingerprint density at radius 3 is 2.62 bits per heavy atom. The molecule has 0 radical (unpaired) electrons. The fraction of sp³-hybridized carbons (Fsp3) is 0.333. The summed E-state index contributed by atoms with van der Waals surface area (Å²) in [5, 5.41) is 18.8. The van der Waals surface area contributed by atoms with Crippen LogP contribution in [0.25, 0.3) is 0 Å². The maximum Gasteiger partial charge on any atom is 0.137 e. The molecule has 0 heterocycles. The van der Waals surface area contributed by atoms with Gasteiger partial charge in [-0.1, -0.05) is 11.6 Å². The van der Waals surface area contributed by atoms with Gasteiger partial charge in [-0.05, 0) is 31.0 Å². The Morgan fingerprint density at radius 1 is 1.31 bits per heavy atom. The van der Waals surface area contributed by atoms with E-state index in [4.69, 9.17) is 17.3 Å². The normalized spacial score (nSPS) is 10.3. The van der Waals surface area contributed by atoms with Crippen LogP contribution in [0, 0.1) is 0 Å². The number of hydrogen-bond acceptors (Lipinski definition) is 3. The summed E-state index contributed by atoms with van der Waals surface area (Å²) in [6.07, 6.45) is 1.38. The molecule has 0 spiro atoms. The molecule has 3 nitrogen and oxygen atoms in total. The van der Waals surface area contributed by atoms with Crippen LogP contribution in [0.3, 0.4) is 0 Å². The number of nitrogens with two attached hydrogens (primary N) is 1. The lowest BCUT2D eigenvalue weighted by molar-refractivity contribution is 0.453. The van der Waals surface area contributed by atoms with E-state index in [0.29, 0.717) is 18.5 Å². The van der Waals surface area contributed by atoms with Gasteiger partial charge in [0, 0.05) is 6.07 Å². The topological polar surface area (TPSA) is 66.5 Å². The lowest BCUT2D eigenvalue weighted by Gasteiger charge is -2.05. The molecule has 0 fully saturated rings. The van der Waals surface area contributed by atoms with Gasteiger partial charge in [0.25, 0.3) is 0 Å². The van der Waals surface area contributed by atoms with Crippen molar-refractivity contribution in [1.29, 1.82) is 0 Å². The molecule has 13 heavy (non-hydrogen) atoms. The summed E-state index contributed by atoms with van der Waals surface area (Å²) in [7, 11) is 0. The van der Waals surface area contributed by atoms with Gasteiger partial charge in [0.1, 0.15) is 11.5 Å². The summed E-state index contributed by atoms with van der Waals surface area (Å²) in [5.74, 6) is 0.0998. The largest absolute Gasteiger partial charge is 0.508 e. The number of rotatable bonds is 3. The van der Waals surface area contributed by atoms with Crippen LogP contribution in [0.5, 0.6) is 11.5 Å². The van der Waals surface area contributed by atoms with E-state index < -0.39 is 0 Å². The van der Waals surface area contributed by atoms with Crippen LogP contribution < -0.4 is 5.73 Å². The average Bonchev–Trinajstić information content (AvgIpc) is 2.09. The smallest absolute Gasteiger partial charge is 0.137 e. The molecule has 1 aromatic rings. The molecule has 0 saturated heterocycles. The highest BCUT2D eigenvalue weighted by Crippen LogP contribution is 2.32. The quantitative estimate of drug-likeness (QED) is 0.652. The highest BCUT2D eigenvalue weighted by molar-refractivity contribution is 6.32. The van der Waals surface area contributed by atoms with Gasteiger partial charge < -0.3 is 15.9 Å². The monoisotopic (exact) mass is 201 g/mol. The third-order valence-electron chi connectivity index (χ3n) is 1.78. The number of benzene rings is 1. The average molecular weight is 202 g/mol. The number of phenolic OH excluding ortho intramolecular Hbond substituents is 2. The standard InChI is InChI=1S/C9H12ClNO2/c10-8-5-7(12)4-6(9(8)13)2-1-3-11/h4-5,12-13H,1-3,11H2. The minimum Gasteiger partial charge on any atom is -0.508 e. The Morgan fingerprint density at radius 2 is 2.00 bits per heavy atom. The van der Waals surface area contributed by atoms with Crippen LogP contribution >= 0.6 is 11.6 Å². The summed E-state index contributed by atoms with van der Waals surface area (Å²) in [6.45, 7) is 0.548. The van der Waals surface area contributed by atoms with Gasteiger partial charge in [-0.25, -0.2) is 0 Å². The van der Waals surface area contributed by atoms with Crippen LogP contribution in [0.2, 0.25) is 5.02 Å². The Hall–Kier alpha value is -0.930. The van der Waals surface area contributed by atoms with Crippen LogP contribution in [-0.2, 0) is 6.42 Å². The van der Waals surface area contributed by atoms with Crippen LogP contribution in [-0.4, -0.2) is 16.8 Å². The van der Waals surface area contributed by atoms with E-state index >= 15 is 0 Å². The van der Waals surface area contributed by atoms with Crippen molar-refractivity contribution < 1.29 is 10.2 Å². The molecule has 1 rings (SSSR count). The van der Waals surface area contributed by atoms with Gasteiger partial charge in [-0.2, -0.15) is 0 Å². The molecule has 0 aromatic heterocycles. The molecule has 0 atom stereocenters. The maximum atomic E-state index is 9.46. The molecule has 0 saturated carbocycles. The van der Waals surface area contributed by atoms with Crippen LogP contribution in [0.4, 0.5) is 0 Å². The summed E-state index contributed by atoms with van der Waals surface area (Å²) in [6, 6.07) is 2.81. The predicted octanol–water partition coefficient (Wildman–Crippen LogP) is 1.64. The van der Waals surface area contributed by atoms with Gasteiger partial charge in [0.2, 0.25) is 0 Å². The second kappa shape index (κ2) is 4.35. The van der Waals surface area contributed by atoms with Crippen molar-refractivity contribution in [2.75, 3.05) is 6.54 Å². The molecule has 4 N–H and O–H groups in total. The first-order chi connectivity index (χ1) is 6.15. The lowest BCUT2D eigenvalue weighted by Crippen LogP contribution is -2.00. The molecule has 0 aliphatic heterocycles. The van der Waals surface area contributed by atoms with E-state index in [9.17, 15) is 10.2 Å². The zero-order chi connectivity index (χ0) is 9.84. The van der Waals surface area contributed by atoms with Gasteiger partial charge in [0.15, 0.2) is 0 Å². The van der Waals surface area contributed by atoms with Gasteiger partial charge >= 0.3 is 0 Å².